The number of hydrogen-bond donors (Lipinski definition) is 0. The Labute approximate surface area is 60.4 Å². The summed E-state index contributed by atoms with van der Waals surface area (Å²) in [6, 6.07) is 0. The van der Waals surface area contributed by atoms with Crippen molar-refractivity contribution < 1.29 is 14.3 Å². The molecule has 0 spiro atoms. The third-order valence-corrected chi connectivity index (χ3v) is 1.58. The molecule has 2 atom stereocenters. The molecule has 0 bridgehead atoms. The van der Waals surface area contributed by atoms with Crippen LogP contribution in [0, 0.1) is 11.8 Å². The largest absolute Gasteiger partial charge is 0.469 e. The molecule has 3 nitrogen and oxygen atoms in total. The lowest BCUT2D eigenvalue weighted by Crippen LogP contribution is -2.20. The van der Waals surface area contributed by atoms with Crippen molar-refractivity contribution in [1.82, 2.24) is 0 Å². The predicted molar refractivity (Wildman–Crippen MR) is 36.4 cm³/mol. The van der Waals surface area contributed by atoms with Gasteiger partial charge in [-0.1, -0.05) is 13.8 Å². The van der Waals surface area contributed by atoms with Gasteiger partial charge in [0.15, 0.2) is 0 Å². The molecular weight excluding hydrogens is 132 g/mol. The van der Waals surface area contributed by atoms with Crippen LogP contribution in [0.5, 0.6) is 0 Å². The van der Waals surface area contributed by atoms with Gasteiger partial charge < -0.3 is 9.53 Å². The van der Waals surface area contributed by atoms with Gasteiger partial charge in [-0.25, -0.2) is 0 Å². The summed E-state index contributed by atoms with van der Waals surface area (Å²) in [6.07, 6.45) is 0.752. The van der Waals surface area contributed by atoms with Gasteiger partial charge in [0.2, 0.25) is 0 Å². The molecule has 0 aliphatic carbocycles. The van der Waals surface area contributed by atoms with Crippen LogP contribution in [0.25, 0.3) is 0 Å². The van der Waals surface area contributed by atoms with E-state index in [1.165, 1.54) is 7.11 Å². The van der Waals surface area contributed by atoms with Crippen LogP contribution in [0.4, 0.5) is 0 Å². The van der Waals surface area contributed by atoms with E-state index in [1.54, 1.807) is 13.8 Å². The third kappa shape index (κ3) is 2.17. The Hall–Kier alpha value is -0.860. The SMILES string of the molecule is COC(=O)[C@H](C)[C@H](C)C=O. The van der Waals surface area contributed by atoms with Crippen molar-refractivity contribution in [3.63, 3.8) is 0 Å². The van der Waals surface area contributed by atoms with Gasteiger partial charge in [0.05, 0.1) is 13.0 Å². The monoisotopic (exact) mass is 144 g/mol. The van der Waals surface area contributed by atoms with Crippen LogP contribution in [0.2, 0.25) is 0 Å². The molecule has 0 aromatic rings. The van der Waals surface area contributed by atoms with E-state index >= 15 is 0 Å². The molecular formula is C7H12O3. The standard InChI is InChI=1S/C7H12O3/c1-5(4-8)6(2)7(9)10-3/h4-6H,1-3H3/t5-,6-/m1/s1. The van der Waals surface area contributed by atoms with Gasteiger partial charge in [-0.3, -0.25) is 4.79 Å². The van der Waals surface area contributed by atoms with Crippen LogP contribution in [0.3, 0.4) is 0 Å². The topological polar surface area (TPSA) is 43.4 Å². The molecule has 0 N–H and O–H groups in total. The molecule has 0 unspecified atom stereocenters. The third-order valence-electron chi connectivity index (χ3n) is 1.58. The van der Waals surface area contributed by atoms with Gasteiger partial charge in [0.1, 0.15) is 6.29 Å². The summed E-state index contributed by atoms with van der Waals surface area (Å²) in [5.74, 6) is -0.922. The number of esters is 1. The van der Waals surface area contributed by atoms with Crippen LogP contribution < -0.4 is 0 Å². The summed E-state index contributed by atoms with van der Waals surface area (Å²) in [7, 11) is 1.32. The van der Waals surface area contributed by atoms with E-state index in [1.807, 2.05) is 0 Å². The van der Waals surface area contributed by atoms with E-state index in [-0.39, 0.29) is 17.8 Å². The Bertz CT molecular complexity index is 131. The lowest BCUT2D eigenvalue weighted by molar-refractivity contribution is -0.147. The first-order valence-electron chi connectivity index (χ1n) is 3.16. The van der Waals surface area contributed by atoms with E-state index in [0.29, 0.717) is 0 Å². The van der Waals surface area contributed by atoms with E-state index < -0.39 is 0 Å². The molecule has 0 aliphatic rings. The van der Waals surface area contributed by atoms with Gasteiger partial charge in [-0.05, 0) is 0 Å². The van der Waals surface area contributed by atoms with E-state index in [4.69, 9.17) is 0 Å². The lowest BCUT2D eigenvalue weighted by Gasteiger charge is -2.10. The maximum Gasteiger partial charge on any atom is 0.309 e. The fourth-order valence-corrected chi connectivity index (χ4v) is 0.518. The Kier molecular flexibility index (Phi) is 3.69. The highest BCUT2D eigenvalue weighted by atomic mass is 16.5. The second-order valence-electron chi connectivity index (χ2n) is 2.31. The fourth-order valence-electron chi connectivity index (χ4n) is 0.518. The smallest absolute Gasteiger partial charge is 0.309 e. The number of ether oxygens (including phenoxy) is 1. The van der Waals surface area contributed by atoms with Gasteiger partial charge in [-0.15, -0.1) is 0 Å². The molecule has 0 radical (unpaired) electrons. The minimum absolute atomic E-state index is 0.257. The number of carbonyl (C=O) groups excluding carboxylic acids is 2. The number of rotatable bonds is 3. The molecule has 0 amide bonds. The average molecular weight is 144 g/mol. The van der Waals surface area contributed by atoms with Crippen LogP contribution in [0.15, 0.2) is 0 Å². The van der Waals surface area contributed by atoms with Crippen LogP contribution in [-0.4, -0.2) is 19.4 Å². The number of aldehydes is 1. The Morgan fingerprint density at radius 2 is 2.00 bits per heavy atom. The molecule has 0 saturated heterocycles. The van der Waals surface area contributed by atoms with Crippen molar-refractivity contribution in [2.75, 3.05) is 7.11 Å². The number of methoxy groups -OCH3 is 1. The summed E-state index contributed by atoms with van der Waals surface area (Å²) in [6.45, 7) is 3.36. The average Bonchev–Trinajstić information content (AvgIpc) is 2.00. The molecule has 0 saturated carbocycles. The van der Waals surface area contributed by atoms with Gasteiger partial charge in [0, 0.05) is 5.92 Å². The summed E-state index contributed by atoms with van der Waals surface area (Å²) >= 11 is 0. The van der Waals surface area contributed by atoms with Crippen LogP contribution in [0.1, 0.15) is 13.8 Å². The maximum absolute atomic E-state index is 10.7. The number of hydrogen-bond acceptors (Lipinski definition) is 3. The Balaban J connectivity index is 3.93. The highest BCUT2D eigenvalue weighted by Crippen LogP contribution is 2.08. The van der Waals surface area contributed by atoms with Gasteiger partial charge in [-0.2, -0.15) is 0 Å². The zero-order valence-electron chi connectivity index (χ0n) is 6.46. The molecule has 0 aliphatic heterocycles. The Morgan fingerprint density at radius 3 is 2.30 bits per heavy atom. The van der Waals surface area contributed by atoms with Crippen molar-refractivity contribution in [2.45, 2.75) is 13.8 Å². The van der Waals surface area contributed by atoms with Crippen LogP contribution in [-0.2, 0) is 14.3 Å². The number of carbonyl (C=O) groups is 2. The zero-order chi connectivity index (χ0) is 8.15. The molecule has 3 heteroatoms. The molecule has 10 heavy (non-hydrogen) atoms. The second-order valence-corrected chi connectivity index (χ2v) is 2.31. The molecule has 0 aromatic heterocycles. The normalized spacial score (nSPS) is 15.5. The maximum atomic E-state index is 10.7. The first-order valence-corrected chi connectivity index (χ1v) is 3.16. The first kappa shape index (κ1) is 9.14. The minimum Gasteiger partial charge on any atom is -0.469 e. The van der Waals surface area contributed by atoms with Gasteiger partial charge in [0.25, 0.3) is 0 Å². The zero-order valence-corrected chi connectivity index (χ0v) is 6.46. The molecule has 58 valence electrons. The minimum atomic E-state index is -0.334. The lowest BCUT2D eigenvalue weighted by atomic mass is 9.98. The van der Waals surface area contributed by atoms with Crippen molar-refractivity contribution >= 4 is 12.3 Å². The van der Waals surface area contributed by atoms with Crippen molar-refractivity contribution in [2.24, 2.45) is 11.8 Å². The first-order chi connectivity index (χ1) is 4.63. The summed E-state index contributed by atoms with van der Waals surface area (Å²) in [4.78, 5) is 20.9. The molecule has 0 aromatic carbocycles. The van der Waals surface area contributed by atoms with Crippen molar-refractivity contribution in [3.8, 4) is 0 Å². The molecule has 0 rings (SSSR count). The van der Waals surface area contributed by atoms with E-state index in [0.717, 1.165) is 6.29 Å². The highest BCUT2D eigenvalue weighted by molar-refractivity contribution is 5.75. The Morgan fingerprint density at radius 1 is 1.50 bits per heavy atom. The van der Waals surface area contributed by atoms with Crippen molar-refractivity contribution in [3.05, 3.63) is 0 Å². The second kappa shape index (κ2) is 4.04. The van der Waals surface area contributed by atoms with E-state index in [2.05, 4.69) is 4.74 Å². The predicted octanol–water partition coefficient (Wildman–Crippen LogP) is 0.630. The van der Waals surface area contributed by atoms with Crippen molar-refractivity contribution in [1.29, 1.82) is 0 Å². The van der Waals surface area contributed by atoms with E-state index in [9.17, 15) is 9.59 Å². The quantitative estimate of drug-likeness (QED) is 0.431. The summed E-state index contributed by atoms with van der Waals surface area (Å²) < 4.78 is 4.44. The van der Waals surface area contributed by atoms with Crippen LogP contribution >= 0.6 is 0 Å². The molecule has 0 fully saturated rings. The van der Waals surface area contributed by atoms with Gasteiger partial charge >= 0.3 is 5.97 Å². The molecule has 0 heterocycles. The fraction of sp³-hybridized carbons (Fsp3) is 0.714. The summed E-state index contributed by atoms with van der Waals surface area (Å²) in [5.41, 5.74) is 0. The highest BCUT2D eigenvalue weighted by Gasteiger charge is 2.19. The summed E-state index contributed by atoms with van der Waals surface area (Å²) in [5, 5.41) is 0.